The van der Waals surface area contributed by atoms with Gasteiger partial charge in [-0.05, 0) is 36.4 Å². The predicted molar refractivity (Wildman–Crippen MR) is 203 cm³/mol. The van der Waals surface area contributed by atoms with Crippen LogP contribution in [0, 0.1) is 144 Å². The highest BCUT2D eigenvalue weighted by Crippen LogP contribution is 2.31. The number of Topliss-reactive ketones (excluding diaryl/α,β-unsaturated/α-hetero) is 1. The van der Waals surface area contributed by atoms with Crippen LogP contribution >= 0.6 is 0 Å². The second kappa shape index (κ2) is 18.3. The van der Waals surface area contributed by atoms with Crippen molar-refractivity contribution in [1.29, 1.82) is 0 Å². The molecule has 6 aromatic carbocycles. The summed E-state index contributed by atoms with van der Waals surface area (Å²) >= 11 is 0. The highest BCUT2D eigenvalue weighted by Gasteiger charge is 2.52. The van der Waals surface area contributed by atoms with Crippen molar-refractivity contribution in [3.8, 4) is 0 Å². The van der Waals surface area contributed by atoms with Crippen LogP contribution in [0.4, 0.5) is 87.8 Å². The third kappa shape index (κ3) is 7.58. The van der Waals surface area contributed by atoms with Crippen LogP contribution in [0.2, 0.25) is 0 Å². The first-order valence-corrected chi connectivity index (χ1v) is 18.9. The lowest BCUT2D eigenvalue weighted by molar-refractivity contribution is -0.693. The topological polar surface area (TPSA) is 20.9 Å². The minimum absolute atomic E-state index is 0.144. The van der Waals surface area contributed by atoms with Gasteiger partial charge in [-0.25, -0.2) is 87.8 Å². The Bertz CT molecular complexity index is 2890. The number of carbonyl (C=O) groups excluding carboxylic acids is 1. The van der Waals surface area contributed by atoms with Gasteiger partial charge in [-0.3, -0.25) is 4.79 Å². The van der Waals surface area contributed by atoms with Crippen molar-refractivity contribution in [3.63, 3.8) is 0 Å². The predicted octanol–water partition coefficient (Wildman–Crippen LogP) is 10.1. The van der Waals surface area contributed by atoms with E-state index in [-0.39, 0.29) is 5.78 Å². The van der Waals surface area contributed by atoms with E-state index in [2.05, 4.69) is 50.5 Å². The van der Waals surface area contributed by atoms with E-state index in [9.17, 15) is 57.5 Å². The number of aromatic nitrogens is 1. The Labute approximate surface area is 368 Å². The van der Waals surface area contributed by atoms with Gasteiger partial charge < -0.3 is 0 Å². The van der Waals surface area contributed by atoms with Crippen molar-refractivity contribution in [1.82, 2.24) is 0 Å². The summed E-state index contributed by atoms with van der Waals surface area (Å²) in [6.45, 7) is 8.86. The normalized spacial score (nSPS) is 11.6. The number of ketones is 1. The summed E-state index contributed by atoms with van der Waals surface area (Å²) in [7, 11) is 0. The highest BCUT2D eigenvalue weighted by molar-refractivity contribution is 7.20. The second-order valence-corrected chi connectivity index (χ2v) is 15.0. The molecule has 0 radical (unpaired) electrons. The van der Waals surface area contributed by atoms with Gasteiger partial charge in [-0.2, -0.15) is 4.57 Å². The molecule has 7 aromatic rings. The molecule has 0 aliphatic heterocycles. The third-order valence-corrected chi connectivity index (χ3v) is 11.5. The molecule has 68 heavy (non-hydrogen) atoms. The van der Waals surface area contributed by atoms with Gasteiger partial charge in [0.1, 0.15) is 52.7 Å². The van der Waals surface area contributed by atoms with Gasteiger partial charge in [0.05, 0.1) is 0 Å². The molecule has 0 spiro atoms. The van der Waals surface area contributed by atoms with Crippen LogP contribution in [-0.2, 0) is 6.54 Å². The lowest BCUT2D eigenvalue weighted by atomic mass is 9.12. The average Bonchev–Trinajstić information content (AvgIpc) is 3.31. The molecule has 0 N–H and O–H groups in total. The van der Waals surface area contributed by atoms with E-state index in [0.29, 0.717) is 6.54 Å². The first-order chi connectivity index (χ1) is 31.7. The molecular weight excluding hydrogens is 961 g/mol. The van der Waals surface area contributed by atoms with Crippen LogP contribution in [0.3, 0.4) is 0 Å². The number of fused-ring (bicyclic) bond motifs is 1. The molecule has 7 rings (SSSR count). The first kappa shape index (κ1) is 50.5. The van der Waals surface area contributed by atoms with Gasteiger partial charge in [0.15, 0.2) is 81.2 Å². The molecule has 0 saturated carbocycles. The molecule has 0 bridgehead atoms. The minimum atomic E-state index is -7.22. The summed E-state index contributed by atoms with van der Waals surface area (Å²) in [5, 5.41) is 2.50. The van der Waals surface area contributed by atoms with Crippen molar-refractivity contribution < 1.29 is 97.2 Å². The number of nitrogens with zero attached hydrogens (tertiary/aromatic N) is 1. The summed E-state index contributed by atoms with van der Waals surface area (Å²) in [4.78, 5) is 12.6. The monoisotopic (exact) mass is 983 g/mol. The largest absolute Gasteiger partial charge is 0.287 e. The van der Waals surface area contributed by atoms with Crippen LogP contribution in [0.5, 0.6) is 0 Å². The number of rotatable bonds is 7. The van der Waals surface area contributed by atoms with Crippen molar-refractivity contribution in [2.45, 2.75) is 34.2 Å². The van der Waals surface area contributed by atoms with E-state index in [1.165, 1.54) is 21.9 Å². The Morgan fingerprint density at radius 2 is 0.691 bits per heavy atom. The van der Waals surface area contributed by atoms with E-state index in [0.717, 1.165) is 17.0 Å². The molecule has 0 aliphatic rings. The zero-order chi connectivity index (χ0) is 50.9. The summed E-state index contributed by atoms with van der Waals surface area (Å²) in [5.41, 5.74) is -8.69. The Balaban J connectivity index is 0.000000276. The number of hydrogen-bond acceptors (Lipinski definition) is 1. The van der Waals surface area contributed by atoms with Crippen LogP contribution in [0.15, 0.2) is 48.5 Å². The molecule has 356 valence electrons. The molecule has 0 fully saturated rings. The van der Waals surface area contributed by atoms with Crippen molar-refractivity contribution in [2.75, 3.05) is 0 Å². The fourth-order valence-electron chi connectivity index (χ4n) is 8.01. The molecule has 0 saturated heterocycles. The number of benzene rings is 6. The maximum Gasteiger partial charge on any atom is 0.227 e. The SMILES string of the molecule is Cc1ccc2c(C)[n+](CC(=O)c3ccccc3)c(C)cc2c1C.Fc1c(F)c(F)c([B-](c2c(F)c(F)c(F)c(F)c2F)(c2c(F)c(F)c(F)c(F)c2F)c2c(F)c(F)c(F)c(F)c2F)c(F)c1F. The molecule has 1 aromatic heterocycles. The van der Waals surface area contributed by atoms with Crippen LogP contribution < -0.4 is 26.4 Å². The lowest BCUT2D eigenvalue weighted by Crippen LogP contribution is -2.81. The number of aryl methyl sites for hydroxylation is 4. The van der Waals surface area contributed by atoms with E-state index in [1.54, 1.807) is 0 Å². The van der Waals surface area contributed by atoms with E-state index < -0.39 is 144 Å². The second-order valence-electron chi connectivity index (χ2n) is 15.0. The fourth-order valence-corrected chi connectivity index (χ4v) is 8.01. The smallest absolute Gasteiger partial charge is 0.227 e. The summed E-state index contributed by atoms with van der Waals surface area (Å²) in [6.07, 6.45) is -7.22. The minimum Gasteiger partial charge on any atom is -0.287 e. The maximum atomic E-state index is 15.4. The van der Waals surface area contributed by atoms with Gasteiger partial charge in [-0.1, -0.05) is 36.4 Å². The molecule has 1 heterocycles. The Morgan fingerprint density at radius 3 is 1.00 bits per heavy atom. The fraction of sp³-hybridized carbons (Fsp3) is 0.111. The molecule has 0 unspecified atom stereocenters. The van der Waals surface area contributed by atoms with Crippen molar-refractivity contribution in [3.05, 3.63) is 193 Å². The number of hydrogen-bond donors (Lipinski definition) is 0. The molecule has 0 aliphatic carbocycles. The molecule has 0 atom stereocenters. The quantitative estimate of drug-likeness (QED) is 0.0390. The zero-order valence-corrected chi connectivity index (χ0v) is 34.3. The van der Waals surface area contributed by atoms with E-state index >= 15 is 35.1 Å². The number of halogens is 20. The Hall–Kier alpha value is -6.94. The van der Waals surface area contributed by atoms with Crippen molar-refractivity contribution >= 4 is 44.6 Å². The third-order valence-electron chi connectivity index (χ3n) is 11.5. The summed E-state index contributed by atoms with van der Waals surface area (Å²) in [5.74, 6) is -71.3. The Kier molecular flexibility index (Phi) is 13.6. The van der Waals surface area contributed by atoms with Gasteiger partial charge in [0, 0.05) is 30.9 Å². The molecular formula is C45H22BF20NO. The standard InChI is InChI=1S/C24BF20.C21H22NO/c26-5-1(6(27)14(35)21(42)13(5)34)25(2-7(28)15(36)22(43)16(37)8(2)29,3-9(30)17(38)23(44)18(39)10(3)31)4-11(32)19(40)24(45)20(41)12(4)33;1-14-10-11-19-17(4)22(15(2)12-20(19)16(14)3)13-21(23)18-8-6-5-7-9-18/h;5-12H,13H2,1-4H3/q-1;+1. The first-order valence-electron chi connectivity index (χ1n) is 18.9. The molecule has 0 amide bonds. The Morgan fingerprint density at radius 1 is 0.397 bits per heavy atom. The highest BCUT2D eigenvalue weighted by atomic mass is 19.2. The molecule has 2 nitrogen and oxygen atoms in total. The van der Waals surface area contributed by atoms with Crippen LogP contribution in [0.25, 0.3) is 10.8 Å². The van der Waals surface area contributed by atoms with Crippen LogP contribution in [-0.4, -0.2) is 11.9 Å². The van der Waals surface area contributed by atoms with E-state index in [1.807, 2.05) is 30.3 Å². The zero-order valence-electron chi connectivity index (χ0n) is 34.3. The van der Waals surface area contributed by atoms with Crippen molar-refractivity contribution in [2.24, 2.45) is 0 Å². The van der Waals surface area contributed by atoms with Gasteiger partial charge in [-0.15, -0.1) is 21.9 Å². The lowest BCUT2D eigenvalue weighted by Gasteiger charge is -2.44. The van der Waals surface area contributed by atoms with Gasteiger partial charge in [0.25, 0.3) is 0 Å². The number of pyridine rings is 1. The number of carbonyl (C=O) groups is 1. The van der Waals surface area contributed by atoms with Gasteiger partial charge in [0.2, 0.25) is 12.3 Å². The van der Waals surface area contributed by atoms with Crippen LogP contribution in [0.1, 0.15) is 32.9 Å². The van der Waals surface area contributed by atoms with E-state index in [4.69, 9.17) is 0 Å². The summed E-state index contributed by atoms with van der Waals surface area (Å²) < 4.78 is 296. The molecule has 23 heteroatoms. The summed E-state index contributed by atoms with van der Waals surface area (Å²) in [6, 6.07) is 16.0. The van der Waals surface area contributed by atoms with Gasteiger partial charge >= 0.3 is 0 Å². The maximum absolute atomic E-state index is 15.4. The average molecular weight is 983 g/mol.